The smallest absolute Gasteiger partial charge is 0.322 e. The second kappa shape index (κ2) is 8.70. The molecule has 2 aliphatic heterocycles. The second-order valence-corrected chi connectivity index (χ2v) is 9.44. The van der Waals surface area contributed by atoms with Gasteiger partial charge in [-0.15, -0.1) is 0 Å². The minimum Gasteiger partial charge on any atom is -0.377 e. The van der Waals surface area contributed by atoms with Crippen molar-refractivity contribution < 1.29 is 23.5 Å². The maximum atomic E-state index is 15.1. The summed E-state index contributed by atoms with van der Waals surface area (Å²) in [4.78, 5) is 26.5. The van der Waals surface area contributed by atoms with Gasteiger partial charge >= 0.3 is 6.03 Å². The van der Waals surface area contributed by atoms with Crippen LogP contribution in [0.15, 0.2) is 11.6 Å². The van der Waals surface area contributed by atoms with Crippen LogP contribution in [0, 0.1) is 11.8 Å². The van der Waals surface area contributed by atoms with Gasteiger partial charge in [0.05, 0.1) is 19.3 Å². The molecule has 9 heteroatoms. The number of ether oxygens (including phenoxy) is 2. The Labute approximate surface area is 176 Å². The highest BCUT2D eigenvalue weighted by Gasteiger charge is 2.43. The summed E-state index contributed by atoms with van der Waals surface area (Å²) in [6.45, 7) is 5.23. The van der Waals surface area contributed by atoms with Gasteiger partial charge in [-0.05, 0) is 44.4 Å². The third-order valence-electron chi connectivity index (χ3n) is 6.81. The highest BCUT2D eigenvalue weighted by Crippen LogP contribution is 2.45. The molecule has 0 aromatic rings. The summed E-state index contributed by atoms with van der Waals surface area (Å²) < 4.78 is 26.0. The first-order chi connectivity index (χ1) is 14.3. The summed E-state index contributed by atoms with van der Waals surface area (Å²) in [5.41, 5.74) is -0.166. The molecule has 168 valence electrons. The average Bonchev–Trinajstić information content (AvgIpc) is 2.68. The molecule has 8 nitrogen and oxygen atoms in total. The fourth-order valence-electron chi connectivity index (χ4n) is 5.74. The van der Waals surface area contributed by atoms with Crippen LogP contribution in [-0.4, -0.2) is 61.0 Å². The molecule has 2 heterocycles. The molecule has 3 amide bonds. The number of halogens is 1. The predicted octanol–water partition coefficient (Wildman–Crippen LogP) is 1.98. The number of hydrogen-bond acceptors (Lipinski definition) is 5. The number of carbonyl (C=O) groups excluding carboxylic acids is 2. The Balaban J connectivity index is 1.38. The maximum absolute atomic E-state index is 15.1. The molecule has 0 aromatic heterocycles. The molecule has 3 N–H and O–H groups in total. The lowest BCUT2D eigenvalue weighted by Crippen LogP contribution is -2.57. The van der Waals surface area contributed by atoms with Crippen LogP contribution in [0.2, 0.25) is 0 Å². The van der Waals surface area contributed by atoms with Crippen molar-refractivity contribution in [2.75, 3.05) is 26.4 Å². The zero-order valence-electron chi connectivity index (χ0n) is 17.8. The lowest BCUT2D eigenvalue weighted by molar-refractivity contribution is -0.131. The lowest BCUT2D eigenvalue weighted by atomic mass is 9.64. The molecule has 30 heavy (non-hydrogen) atoms. The maximum Gasteiger partial charge on any atom is 0.322 e. The minimum atomic E-state index is -1.28. The Morgan fingerprint density at radius 2 is 2.23 bits per heavy atom. The molecule has 4 rings (SSSR count). The summed E-state index contributed by atoms with van der Waals surface area (Å²) in [6, 6.07) is -0.626. The van der Waals surface area contributed by atoms with Crippen LogP contribution in [-0.2, 0) is 14.3 Å². The summed E-state index contributed by atoms with van der Waals surface area (Å²) in [5.74, 6) is 0.470. The lowest BCUT2D eigenvalue weighted by Gasteiger charge is -2.48. The highest BCUT2D eigenvalue weighted by molar-refractivity contribution is 5.79. The largest absolute Gasteiger partial charge is 0.377 e. The van der Waals surface area contributed by atoms with Crippen LogP contribution in [0.5, 0.6) is 0 Å². The molecule has 2 aliphatic carbocycles. The minimum absolute atomic E-state index is 0.0755. The molecule has 5 atom stereocenters. The van der Waals surface area contributed by atoms with Crippen LogP contribution in [0.4, 0.5) is 9.18 Å². The zero-order valence-corrected chi connectivity index (χ0v) is 17.8. The molecule has 2 bridgehead atoms. The van der Waals surface area contributed by atoms with Crippen molar-refractivity contribution in [2.45, 2.75) is 70.2 Å². The highest BCUT2D eigenvalue weighted by atomic mass is 19.1. The molecule has 0 spiro atoms. The van der Waals surface area contributed by atoms with Crippen molar-refractivity contribution in [3.63, 3.8) is 0 Å². The van der Waals surface area contributed by atoms with Crippen molar-refractivity contribution in [2.24, 2.45) is 11.8 Å². The molecule has 4 aliphatic rings. The Morgan fingerprint density at radius 1 is 1.40 bits per heavy atom. The van der Waals surface area contributed by atoms with E-state index in [2.05, 4.69) is 22.9 Å². The average molecular weight is 425 g/mol. The topological polar surface area (TPSA) is 91.9 Å². The van der Waals surface area contributed by atoms with Gasteiger partial charge in [0.1, 0.15) is 12.4 Å². The zero-order chi connectivity index (χ0) is 21.3. The van der Waals surface area contributed by atoms with Crippen LogP contribution in [0.25, 0.3) is 0 Å². The number of nitrogens with zero attached hydrogens (tertiary/aromatic N) is 1. The fourth-order valence-corrected chi connectivity index (χ4v) is 5.74. The van der Waals surface area contributed by atoms with E-state index in [0.717, 1.165) is 25.7 Å². The van der Waals surface area contributed by atoms with Crippen molar-refractivity contribution >= 4 is 11.9 Å². The number of fused-ring (bicyclic) bond motifs is 2. The summed E-state index contributed by atoms with van der Waals surface area (Å²) in [6.07, 6.45) is 5.29. The first-order valence-corrected chi connectivity index (χ1v) is 11.1. The van der Waals surface area contributed by atoms with E-state index in [9.17, 15) is 9.59 Å². The number of urea groups is 1. The van der Waals surface area contributed by atoms with E-state index in [4.69, 9.17) is 9.47 Å². The third-order valence-corrected chi connectivity index (χ3v) is 6.81. The first-order valence-electron chi connectivity index (χ1n) is 11.1. The van der Waals surface area contributed by atoms with E-state index in [1.54, 1.807) is 4.90 Å². The van der Waals surface area contributed by atoms with E-state index in [1.165, 1.54) is 12.8 Å². The Morgan fingerprint density at radius 3 is 3.03 bits per heavy atom. The standard InChI is InChI=1S/C21H33FN4O4/c1-13-8-15-4-3-5-21(9-13,10-15)25-16(27)12-30-19-17(22)18(23-20(28)24-19)26-6-7-29-11-14(26)2/h13-15,19H,3-12H2,1-2H3,(H,25,27)(H2,23,24,28). The number of hydrogen-bond donors (Lipinski definition) is 3. The van der Waals surface area contributed by atoms with E-state index in [0.29, 0.717) is 31.6 Å². The summed E-state index contributed by atoms with van der Waals surface area (Å²) in [5, 5.41) is 8.12. The molecule has 1 saturated heterocycles. The van der Waals surface area contributed by atoms with Crippen molar-refractivity contribution in [1.29, 1.82) is 0 Å². The van der Waals surface area contributed by atoms with Crippen LogP contribution in [0.1, 0.15) is 52.4 Å². The molecule has 5 unspecified atom stereocenters. The van der Waals surface area contributed by atoms with Gasteiger partial charge < -0.3 is 25.0 Å². The Kier molecular flexibility index (Phi) is 6.20. The SMILES string of the molecule is CC1CC2CCCC(NC(=O)COC3NC(=O)NC(N4CCOCC4C)=C3F)(C1)C2. The normalized spacial score (nSPS) is 36.8. The van der Waals surface area contributed by atoms with Gasteiger partial charge in [-0.1, -0.05) is 19.8 Å². The summed E-state index contributed by atoms with van der Waals surface area (Å²) in [7, 11) is 0. The van der Waals surface area contributed by atoms with E-state index in [1.807, 2.05) is 6.92 Å². The van der Waals surface area contributed by atoms with Gasteiger partial charge in [0, 0.05) is 12.1 Å². The number of nitrogens with one attached hydrogen (secondary N) is 3. The van der Waals surface area contributed by atoms with E-state index >= 15 is 4.39 Å². The van der Waals surface area contributed by atoms with Gasteiger partial charge in [-0.25, -0.2) is 9.18 Å². The Hall–Kier alpha value is -1.87. The quantitative estimate of drug-likeness (QED) is 0.628. The number of morpholine rings is 1. The van der Waals surface area contributed by atoms with E-state index in [-0.39, 0.29) is 29.9 Å². The van der Waals surface area contributed by atoms with Gasteiger partial charge in [0.2, 0.25) is 5.91 Å². The van der Waals surface area contributed by atoms with Crippen molar-refractivity contribution in [3.05, 3.63) is 11.6 Å². The molecular formula is C21H33FN4O4. The van der Waals surface area contributed by atoms with Crippen molar-refractivity contribution in [1.82, 2.24) is 20.9 Å². The Bertz CT molecular complexity index is 713. The van der Waals surface area contributed by atoms with Crippen molar-refractivity contribution in [3.8, 4) is 0 Å². The predicted molar refractivity (Wildman–Crippen MR) is 108 cm³/mol. The molecule has 0 aromatic carbocycles. The number of carbonyl (C=O) groups is 2. The van der Waals surface area contributed by atoms with Crippen LogP contribution in [0.3, 0.4) is 0 Å². The van der Waals surface area contributed by atoms with Gasteiger partial charge in [0.25, 0.3) is 0 Å². The second-order valence-electron chi connectivity index (χ2n) is 9.44. The summed E-state index contributed by atoms with van der Waals surface area (Å²) >= 11 is 0. The number of rotatable bonds is 5. The first kappa shape index (κ1) is 21.4. The van der Waals surface area contributed by atoms with Gasteiger partial charge in [-0.3, -0.25) is 10.1 Å². The van der Waals surface area contributed by atoms with E-state index < -0.39 is 18.1 Å². The molecule has 2 saturated carbocycles. The van der Waals surface area contributed by atoms with Gasteiger partial charge in [-0.2, -0.15) is 0 Å². The molecule has 3 fully saturated rings. The van der Waals surface area contributed by atoms with Crippen LogP contribution < -0.4 is 16.0 Å². The molecule has 0 radical (unpaired) electrons. The van der Waals surface area contributed by atoms with Crippen LogP contribution >= 0.6 is 0 Å². The fraction of sp³-hybridized carbons (Fsp3) is 0.810. The monoisotopic (exact) mass is 424 g/mol. The van der Waals surface area contributed by atoms with Gasteiger partial charge in [0.15, 0.2) is 12.1 Å². The number of amides is 3. The molecular weight excluding hydrogens is 391 g/mol. The third kappa shape index (κ3) is 4.56.